The number of hydrogen-bond acceptors (Lipinski definition) is 2. The Bertz CT molecular complexity index is 656. The molecule has 0 saturated carbocycles. The highest BCUT2D eigenvalue weighted by Crippen LogP contribution is 2.17. The number of carbonyl (C=O) groups excluding carboxylic acids is 1. The summed E-state index contributed by atoms with van der Waals surface area (Å²) in [6.45, 7) is 4.02. The summed E-state index contributed by atoms with van der Waals surface area (Å²) in [6, 6.07) is 12.4. The number of hydrogen-bond donors (Lipinski definition) is 3. The van der Waals surface area contributed by atoms with Gasteiger partial charge in [0.05, 0.1) is 6.10 Å². The zero-order valence-corrected chi connectivity index (χ0v) is 13.3. The van der Waals surface area contributed by atoms with Crippen molar-refractivity contribution in [2.75, 3.05) is 11.9 Å². The van der Waals surface area contributed by atoms with Gasteiger partial charge in [-0.3, -0.25) is 0 Å². The smallest absolute Gasteiger partial charge is 0.319 e. The van der Waals surface area contributed by atoms with Crippen LogP contribution in [0.15, 0.2) is 42.5 Å². The lowest BCUT2D eigenvalue weighted by Crippen LogP contribution is -2.32. The molecule has 5 heteroatoms. The molecule has 2 amide bonds. The average Bonchev–Trinajstić information content (AvgIpc) is 2.49. The molecule has 0 bridgehead atoms. The fraction of sp³-hybridized carbons (Fsp3) is 0.235. The average molecular weight is 319 g/mol. The lowest BCUT2D eigenvalue weighted by atomic mass is 10.1. The van der Waals surface area contributed by atoms with Crippen molar-refractivity contribution >= 4 is 23.3 Å². The number of anilines is 1. The van der Waals surface area contributed by atoms with E-state index in [4.69, 9.17) is 11.6 Å². The molecule has 0 aromatic heterocycles. The molecule has 0 aliphatic carbocycles. The van der Waals surface area contributed by atoms with Crippen LogP contribution in [-0.2, 0) is 0 Å². The van der Waals surface area contributed by atoms with E-state index in [-0.39, 0.29) is 12.6 Å². The number of rotatable bonds is 4. The third kappa shape index (κ3) is 4.48. The minimum absolute atomic E-state index is 0.123. The Labute approximate surface area is 135 Å². The Kier molecular flexibility index (Phi) is 5.41. The second-order valence-electron chi connectivity index (χ2n) is 5.22. The van der Waals surface area contributed by atoms with Gasteiger partial charge in [-0.25, -0.2) is 4.79 Å². The molecule has 2 aromatic carbocycles. The second kappa shape index (κ2) is 7.29. The van der Waals surface area contributed by atoms with Crippen molar-refractivity contribution in [3.8, 4) is 0 Å². The summed E-state index contributed by atoms with van der Waals surface area (Å²) in [4.78, 5) is 11.9. The fourth-order valence-electron chi connectivity index (χ4n) is 2.03. The van der Waals surface area contributed by atoms with Crippen LogP contribution in [0.2, 0.25) is 5.02 Å². The maximum atomic E-state index is 11.9. The summed E-state index contributed by atoms with van der Waals surface area (Å²) in [5.41, 5.74) is 3.52. The van der Waals surface area contributed by atoms with Crippen LogP contribution in [0.5, 0.6) is 0 Å². The first-order valence-corrected chi connectivity index (χ1v) is 7.39. The first-order valence-electron chi connectivity index (χ1n) is 7.01. The molecule has 0 radical (unpaired) electrons. The molecule has 0 fully saturated rings. The summed E-state index contributed by atoms with van der Waals surface area (Å²) >= 11 is 5.80. The van der Waals surface area contributed by atoms with E-state index < -0.39 is 6.10 Å². The van der Waals surface area contributed by atoms with Crippen LogP contribution in [0.4, 0.5) is 10.5 Å². The monoisotopic (exact) mass is 318 g/mol. The van der Waals surface area contributed by atoms with Crippen LogP contribution >= 0.6 is 11.6 Å². The molecule has 0 heterocycles. The predicted molar refractivity (Wildman–Crippen MR) is 89.3 cm³/mol. The van der Waals surface area contributed by atoms with E-state index in [1.807, 2.05) is 32.0 Å². The lowest BCUT2D eigenvalue weighted by Gasteiger charge is -2.14. The maximum Gasteiger partial charge on any atom is 0.319 e. The highest BCUT2D eigenvalue weighted by Gasteiger charge is 2.10. The number of aryl methyl sites for hydroxylation is 2. The van der Waals surface area contributed by atoms with Gasteiger partial charge in [0.2, 0.25) is 0 Å². The lowest BCUT2D eigenvalue weighted by molar-refractivity contribution is 0.175. The molecule has 22 heavy (non-hydrogen) atoms. The standard InChI is InChI=1S/C17H19ClN2O2/c1-11-3-4-12(2)15(9-11)20-17(22)19-10-16(21)13-5-7-14(18)8-6-13/h3-9,16,21H,10H2,1-2H3,(H2,19,20,22). The van der Waals surface area contributed by atoms with E-state index in [0.717, 1.165) is 16.8 Å². The second-order valence-corrected chi connectivity index (χ2v) is 5.66. The topological polar surface area (TPSA) is 61.4 Å². The molecule has 3 N–H and O–H groups in total. The number of amides is 2. The number of aliphatic hydroxyl groups is 1. The van der Waals surface area contributed by atoms with Gasteiger partial charge in [0.15, 0.2) is 0 Å². The SMILES string of the molecule is Cc1ccc(C)c(NC(=O)NCC(O)c2ccc(Cl)cc2)c1. The molecular weight excluding hydrogens is 300 g/mol. The van der Waals surface area contributed by atoms with Crippen molar-refractivity contribution in [3.63, 3.8) is 0 Å². The molecule has 116 valence electrons. The van der Waals surface area contributed by atoms with Crippen LogP contribution in [-0.4, -0.2) is 17.7 Å². The summed E-state index contributed by atoms with van der Waals surface area (Å²) < 4.78 is 0. The molecule has 4 nitrogen and oxygen atoms in total. The van der Waals surface area contributed by atoms with E-state index in [0.29, 0.717) is 10.6 Å². The van der Waals surface area contributed by atoms with Crippen molar-refractivity contribution in [3.05, 3.63) is 64.2 Å². The van der Waals surface area contributed by atoms with Gasteiger partial charge in [0.25, 0.3) is 0 Å². The Morgan fingerprint density at radius 3 is 2.55 bits per heavy atom. The zero-order valence-electron chi connectivity index (χ0n) is 12.6. The predicted octanol–water partition coefficient (Wildman–Crippen LogP) is 3.81. The molecule has 0 spiro atoms. The van der Waals surface area contributed by atoms with Gasteiger partial charge >= 0.3 is 6.03 Å². The van der Waals surface area contributed by atoms with E-state index >= 15 is 0 Å². The van der Waals surface area contributed by atoms with Crippen molar-refractivity contribution < 1.29 is 9.90 Å². The van der Waals surface area contributed by atoms with E-state index in [9.17, 15) is 9.90 Å². The molecule has 1 unspecified atom stereocenters. The van der Waals surface area contributed by atoms with Crippen molar-refractivity contribution in [1.82, 2.24) is 5.32 Å². The minimum Gasteiger partial charge on any atom is -0.387 e. The summed E-state index contributed by atoms with van der Waals surface area (Å²) in [6.07, 6.45) is -0.776. The first-order chi connectivity index (χ1) is 10.5. The fourth-order valence-corrected chi connectivity index (χ4v) is 2.16. The number of urea groups is 1. The third-order valence-corrected chi connectivity index (χ3v) is 3.60. The quantitative estimate of drug-likeness (QED) is 0.802. The molecule has 0 aliphatic heterocycles. The van der Waals surface area contributed by atoms with Gasteiger partial charge in [-0.1, -0.05) is 35.9 Å². The van der Waals surface area contributed by atoms with Gasteiger partial charge in [-0.15, -0.1) is 0 Å². The molecule has 0 saturated heterocycles. The molecule has 2 rings (SSSR count). The molecule has 1 atom stereocenters. The first kappa shape index (κ1) is 16.3. The number of benzene rings is 2. The molecule has 2 aromatic rings. The van der Waals surface area contributed by atoms with Gasteiger partial charge < -0.3 is 15.7 Å². The van der Waals surface area contributed by atoms with Gasteiger partial charge in [0, 0.05) is 17.3 Å². The Balaban J connectivity index is 1.89. The van der Waals surface area contributed by atoms with Crippen molar-refractivity contribution in [2.45, 2.75) is 20.0 Å². The Morgan fingerprint density at radius 1 is 1.18 bits per heavy atom. The molecular formula is C17H19ClN2O2. The summed E-state index contributed by atoms with van der Waals surface area (Å²) in [7, 11) is 0. The van der Waals surface area contributed by atoms with Crippen LogP contribution < -0.4 is 10.6 Å². The van der Waals surface area contributed by atoms with Crippen LogP contribution in [0.1, 0.15) is 22.8 Å². The van der Waals surface area contributed by atoms with Crippen molar-refractivity contribution in [2.24, 2.45) is 0 Å². The third-order valence-electron chi connectivity index (χ3n) is 3.35. The van der Waals surface area contributed by atoms with E-state index in [1.165, 1.54) is 0 Å². The van der Waals surface area contributed by atoms with E-state index in [2.05, 4.69) is 10.6 Å². The van der Waals surface area contributed by atoms with Gasteiger partial charge in [0.1, 0.15) is 0 Å². The van der Waals surface area contributed by atoms with Gasteiger partial charge in [-0.2, -0.15) is 0 Å². The number of halogens is 1. The van der Waals surface area contributed by atoms with Crippen LogP contribution in [0.25, 0.3) is 0 Å². The Morgan fingerprint density at radius 2 is 1.86 bits per heavy atom. The molecule has 0 aliphatic rings. The van der Waals surface area contributed by atoms with E-state index in [1.54, 1.807) is 24.3 Å². The minimum atomic E-state index is -0.776. The van der Waals surface area contributed by atoms with Crippen LogP contribution in [0, 0.1) is 13.8 Å². The van der Waals surface area contributed by atoms with Crippen molar-refractivity contribution in [1.29, 1.82) is 0 Å². The largest absolute Gasteiger partial charge is 0.387 e. The normalized spacial score (nSPS) is 11.8. The summed E-state index contributed by atoms with van der Waals surface area (Å²) in [5, 5.41) is 16.1. The highest BCUT2D eigenvalue weighted by molar-refractivity contribution is 6.30. The van der Waals surface area contributed by atoms with Crippen LogP contribution in [0.3, 0.4) is 0 Å². The number of carbonyl (C=O) groups is 1. The highest BCUT2D eigenvalue weighted by atomic mass is 35.5. The number of aliphatic hydroxyl groups excluding tert-OH is 1. The zero-order chi connectivity index (χ0) is 16.1. The van der Waals surface area contributed by atoms with Gasteiger partial charge in [-0.05, 0) is 48.7 Å². The number of nitrogens with one attached hydrogen (secondary N) is 2. The summed E-state index contributed by atoms with van der Waals surface area (Å²) in [5.74, 6) is 0. The maximum absolute atomic E-state index is 11.9. The Hall–Kier alpha value is -2.04.